The Labute approximate surface area is 116 Å². The number of aliphatic hydroxyl groups excluding tert-OH is 1. The maximum Gasteiger partial charge on any atom is 0.118 e. The van der Waals surface area contributed by atoms with Crippen LogP contribution in [0.15, 0.2) is 24.3 Å². The number of benzene rings is 1. The van der Waals surface area contributed by atoms with Crippen LogP contribution in [0, 0.1) is 11.8 Å². The highest BCUT2D eigenvalue weighted by Gasteiger charge is 2.26. The monoisotopic (exact) mass is 262 g/mol. The van der Waals surface area contributed by atoms with Gasteiger partial charge in [0.2, 0.25) is 0 Å². The Kier molecular flexibility index (Phi) is 5.26. The molecule has 1 saturated carbocycles. The number of rotatable bonds is 5. The third kappa shape index (κ3) is 3.97. The molecule has 2 heteroatoms. The van der Waals surface area contributed by atoms with E-state index in [0.29, 0.717) is 5.92 Å². The van der Waals surface area contributed by atoms with Gasteiger partial charge in [-0.25, -0.2) is 0 Å². The molecular formula is C17H26O2. The minimum atomic E-state index is -0.192. The summed E-state index contributed by atoms with van der Waals surface area (Å²) in [6.07, 6.45) is 6.85. The molecule has 0 bridgehead atoms. The van der Waals surface area contributed by atoms with Crippen LogP contribution in [0.2, 0.25) is 0 Å². The molecule has 0 amide bonds. The fraction of sp³-hybridized carbons (Fsp3) is 0.647. The lowest BCUT2D eigenvalue weighted by molar-refractivity contribution is 0.0685. The summed E-state index contributed by atoms with van der Waals surface area (Å²) in [5, 5.41) is 10.4. The molecule has 1 fully saturated rings. The molecule has 0 aliphatic heterocycles. The standard InChI is InChI=1S/C17H26O2/c1-3-13-5-4-6-15(11-13)17(18)12-14-7-9-16(19-2)10-8-14/h7-10,13,15,17-18H,3-6,11-12H2,1-2H3. The van der Waals surface area contributed by atoms with Crippen molar-refractivity contribution in [1.82, 2.24) is 0 Å². The maximum absolute atomic E-state index is 10.4. The largest absolute Gasteiger partial charge is 0.497 e. The average molecular weight is 262 g/mol. The van der Waals surface area contributed by atoms with Crippen molar-refractivity contribution in [2.24, 2.45) is 11.8 Å². The summed E-state index contributed by atoms with van der Waals surface area (Å²) >= 11 is 0. The second-order valence-corrected chi connectivity index (χ2v) is 5.82. The summed E-state index contributed by atoms with van der Waals surface area (Å²) in [5.41, 5.74) is 1.20. The summed E-state index contributed by atoms with van der Waals surface area (Å²) < 4.78 is 5.16. The van der Waals surface area contributed by atoms with Crippen molar-refractivity contribution in [3.05, 3.63) is 29.8 Å². The van der Waals surface area contributed by atoms with Crippen LogP contribution in [0.1, 0.15) is 44.6 Å². The van der Waals surface area contributed by atoms with E-state index >= 15 is 0 Å². The van der Waals surface area contributed by atoms with E-state index in [1.165, 1.54) is 37.7 Å². The molecule has 1 aliphatic carbocycles. The number of ether oxygens (including phenoxy) is 1. The van der Waals surface area contributed by atoms with Crippen molar-refractivity contribution >= 4 is 0 Å². The molecule has 0 aromatic heterocycles. The highest BCUT2D eigenvalue weighted by Crippen LogP contribution is 2.33. The maximum atomic E-state index is 10.4. The first-order valence-corrected chi connectivity index (χ1v) is 7.54. The smallest absolute Gasteiger partial charge is 0.118 e. The van der Waals surface area contributed by atoms with E-state index in [1.807, 2.05) is 12.1 Å². The molecule has 0 heterocycles. The molecule has 1 aromatic rings. The Morgan fingerprint density at radius 1 is 1.26 bits per heavy atom. The first-order chi connectivity index (χ1) is 9.22. The molecule has 19 heavy (non-hydrogen) atoms. The SMILES string of the molecule is CCC1CCCC(C(O)Cc2ccc(OC)cc2)C1. The second kappa shape index (κ2) is 6.95. The minimum Gasteiger partial charge on any atom is -0.497 e. The summed E-state index contributed by atoms with van der Waals surface area (Å²) in [6.45, 7) is 2.27. The van der Waals surface area contributed by atoms with E-state index in [0.717, 1.165) is 18.1 Å². The van der Waals surface area contributed by atoms with Gasteiger partial charge in [0.05, 0.1) is 13.2 Å². The van der Waals surface area contributed by atoms with Gasteiger partial charge >= 0.3 is 0 Å². The molecule has 106 valence electrons. The lowest BCUT2D eigenvalue weighted by atomic mass is 9.76. The Balaban J connectivity index is 1.90. The zero-order valence-corrected chi connectivity index (χ0v) is 12.1. The van der Waals surface area contributed by atoms with Gasteiger partial charge in [-0.2, -0.15) is 0 Å². The van der Waals surface area contributed by atoms with Crippen LogP contribution in [0.4, 0.5) is 0 Å². The molecule has 2 nitrogen and oxygen atoms in total. The van der Waals surface area contributed by atoms with E-state index in [2.05, 4.69) is 19.1 Å². The zero-order chi connectivity index (χ0) is 13.7. The summed E-state index contributed by atoms with van der Waals surface area (Å²) in [7, 11) is 1.68. The minimum absolute atomic E-state index is 0.192. The van der Waals surface area contributed by atoms with Gasteiger partial charge in [-0.05, 0) is 48.8 Å². The Hall–Kier alpha value is -1.02. The van der Waals surface area contributed by atoms with Crippen molar-refractivity contribution in [1.29, 1.82) is 0 Å². The number of methoxy groups -OCH3 is 1. The van der Waals surface area contributed by atoms with Gasteiger partial charge in [0.15, 0.2) is 0 Å². The second-order valence-electron chi connectivity index (χ2n) is 5.82. The van der Waals surface area contributed by atoms with E-state index in [9.17, 15) is 5.11 Å². The average Bonchev–Trinajstić information content (AvgIpc) is 2.48. The summed E-state index contributed by atoms with van der Waals surface area (Å²) in [6, 6.07) is 8.06. The van der Waals surface area contributed by atoms with Crippen molar-refractivity contribution in [2.75, 3.05) is 7.11 Å². The van der Waals surface area contributed by atoms with E-state index in [4.69, 9.17) is 4.74 Å². The topological polar surface area (TPSA) is 29.5 Å². The van der Waals surface area contributed by atoms with Crippen LogP contribution >= 0.6 is 0 Å². The molecule has 0 saturated heterocycles. The van der Waals surface area contributed by atoms with Crippen molar-refractivity contribution in [3.63, 3.8) is 0 Å². The van der Waals surface area contributed by atoms with Crippen LogP contribution in [-0.4, -0.2) is 18.3 Å². The summed E-state index contributed by atoms with van der Waals surface area (Å²) in [5.74, 6) is 2.19. The number of hydrogen-bond donors (Lipinski definition) is 1. The quantitative estimate of drug-likeness (QED) is 0.874. The highest BCUT2D eigenvalue weighted by molar-refractivity contribution is 5.27. The first kappa shape index (κ1) is 14.4. The van der Waals surface area contributed by atoms with Gasteiger partial charge < -0.3 is 9.84 Å². The normalized spacial score (nSPS) is 25.0. The zero-order valence-electron chi connectivity index (χ0n) is 12.1. The van der Waals surface area contributed by atoms with E-state index < -0.39 is 0 Å². The van der Waals surface area contributed by atoms with Crippen LogP contribution < -0.4 is 4.74 Å². The van der Waals surface area contributed by atoms with Crippen LogP contribution in [0.5, 0.6) is 5.75 Å². The van der Waals surface area contributed by atoms with Crippen molar-refractivity contribution < 1.29 is 9.84 Å². The fourth-order valence-electron chi connectivity index (χ4n) is 3.22. The number of aliphatic hydroxyl groups is 1. The lowest BCUT2D eigenvalue weighted by Crippen LogP contribution is -2.28. The van der Waals surface area contributed by atoms with Gasteiger partial charge in [-0.15, -0.1) is 0 Å². The predicted octanol–water partition coefficient (Wildman–Crippen LogP) is 3.82. The van der Waals surface area contributed by atoms with E-state index in [-0.39, 0.29) is 6.10 Å². The highest BCUT2D eigenvalue weighted by atomic mass is 16.5. The van der Waals surface area contributed by atoms with Gasteiger partial charge in [0, 0.05) is 0 Å². The van der Waals surface area contributed by atoms with Crippen molar-refractivity contribution in [2.45, 2.75) is 51.6 Å². The fourth-order valence-corrected chi connectivity index (χ4v) is 3.22. The lowest BCUT2D eigenvalue weighted by Gasteiger charge is -2.31. The Bertz CT molecular complexity index is 371. The molecule has 2 rings (SSSR count). The van der Waals surface area contributed by atoms with Crippen LogP contribution in [0.3, 0.4) is 0 Å². The molecule has 3 unspecified atom stereocenters. The van der Waals surface area contributed by atoms with Gasteiger partial charge in [-0.1, -0.05) is 38.3 Å². The molecule has 0 radical (unpaired) electrons. The van der Waals surface area contributed by atoms with Crippen LogP contribution in [0.25, 0.3) is 0 Å². The van der Waals surface area contributed by atoms with Gasteiger partial charge in [-0.3, -0.25) is 0 Å². The molecule has 1 aromatic carbocycles. The predicted molar refractivity (Wildman–Crippen MR) is 78.4 cm³/mol. The summed E-state index contributed by atoms with van der Waals surface area (Å²) in [4.78, 5) is 0. The molecule has 0 spiro atoms. The van der Waals surface area contributed by atoms with Crippen molar-refractivity contribution in [3.8, 4) is 5.75 Å². The third-order valence-corrected chi connectivity index (χ3v) is 4.55. The molecule has 1 aliphatic rings. The van der Waals surface area contributed by atoms with Gasteiger partial charge in [0.25, 0.3) is 0 Å². The molecule has 3 atom stereocenters. The first-order valence-electron chi connectivity index (χ1n) is 7.54. The molecular weight excluding hydrogens is 236 g/mol. The number of hydrogen-bond acceptors (Lipinski definition) is 2. The van der Waals surface area contributed by atoms with E-state index in [1.54, 1.807) is 7.11 Å². The third-order valence-electron chi connectivity index (χ3n) is 4.55. The van der Waals surface area contributed by atoms with Gasteiger partial charge in [0.1, 0.15) is 5.75 Å². The van der Waals surface area contributed by atoms with Crippen LogP contribution in [-0.2, 0) is 6.42 Å². The Morgan fingerprint density at radius 2 is 2.00 bits per heavy atom. The Morgan fingerprint density at radius 3 is 2.63 bits per heavy atom. The molecule has 1 N–H and O–H groups in total.